The van der Waals surface area contributed by atoms with Gasteiger partial charge in [0.15, 0.2) is 11.5 Å². The molecule has 2 aliphatic rings. The standard InChI is InChI=1S/C21H24N2O3/c1-25-19-4-2-3-17-13-18(14-26-20(17)19)21(24)23-11-7-16(8-12-23)15-5-9-22-10-6-15/h2-6,9-10,16,18H,7-8,11-14H2,1H3/t18-/m1/s1. The molecule has 1 saturated heterocycles. The fourth-order valence-electron chi connectivity index (χ4n) is 4.04. The minimum Gasteiger partial charge on any atom is -0.493 e. The number of likely N-dealkylation sites (tertiary alicyclic amines) is 1. The number of rotatable bonds is 3. The summed E-state index contributed by atoms with van der Waals surface area (Å²) in [5.41, 5.74) is 2.38. The summed E-state index contributed by atoms with van der Waals surface area (Å²) in [4.78, 5) is 19.1. The van der Waals surface area contributed by atoms with Gasteiger partial charge < -0.3 is 14.4 Å². The molecule has 0 N–H and O–H groups in total. The second-order valence-corrected chi connectivity index (χ2v) is 7.04. The van der Waals surface area contributed by atoms with Crippen molar-refractivity contribution in [1.29, 1.82) is 0 Å². The van der Waals surface area contributed by atoms with Crippen molar-refractivity contribution >= 4 is 5.91 Å². The molecule has 2 aromatic rings. The smallest absolute Gasteiger partial charge is 0.229 e. The van der Waals surface area contributed by atoms with Crippen molar-refractivity contribution < 1.29 is 14.3 Å². The van der Waals surface area contributed by atoms with E-state index in [1.165, 1.54) is 5.56 Å². The maximum atomic E-state index is 13.0. The second-order valence-electron chi connectivity index (χ2n) is 7.04. The van der Waals surface area contributed by atoms with Gasteiger partial charge in [0.2, 0.25) is 5.91 Å². The first kappa shape index (κ1) is 16.9. The van der Waals surface area contributed by atoms with Gasteiger partial charge in [-0.1, -0.05) is 12.1 Å². The molecule has 0 spiro atoms. The summed E-state index contributed by atoms with van der Waals surface area (Å²) < 4.78 is 11.2. The van der Waals surface area contributed by atoms with E-state index in [0.29, 0.717) is 12.5 Å². The molecule has 1 aromatic heterocycles. The zero-order valence-corrected chi connectivity index (χ0v) is 15.1. The number of carbonyl (C=O) groups is 1. The number of hydrogen-bond donors (Lipinski definition) is 0. The van der Waals surface area contributed by atoms with Gasteiger partial charge in [-0.15, -0.1) is 0 Å². The van der Waals surface area contributed by atoms with Crippen molar-refractivity contribution in [2.24, 2.45) is 5.92 Å². The molecule has 4 rings (SSSR count). The molecule has 0 aliphatic carbocycles. The van der Waals surface area contributed by atoms with Crippen LogP contribution in [0.2, 0.25) is 0 Å². The first-order valence-corrected chi connectivity index (χ1v) is 9.23. The molecule has 0 bridgehead atoms. The Morgan fingerprint density at radius 3 is 2.69 bits per heavy atom. The number of para-hydroxylation sites is 1. The molecule has 0 saturated carbocycles. The van der Waals surface area contributed by atoms with Crippen LogP contribution < -0.4 is 9.47 Å². The van der Waals surface area contributed by atoms with Crippen molar-refractivity contribution in [3.05, 3.63) is 53.9 Å². The number of carbonyl (C=O) groups excluding carboxylic acids is 1. The second kappa shape index (κ2) is 7.36. The molecule has 0 unspecified atom stereocenters. The van der Waals surface area contributed by atoms with Crippen molar-refractivity contribution in [3.63, 3.8) is 0 Å². The maximum absolute atomic E-state index is 13.0. The molecule has 1 amide bonds. The highest BCUT2D eigenvalue weighted by Crippen LogP contribution is 2.37. The van der Waals surface area contributed by atoms with E-state index in [9.17, 15) is 4.79 Å². The van der Waals surface area contributed by atoms with E-state index in [1.807, 2.05) is 35.5 Å². The Kier molecular flexibility index (Phi) is 4.78. The minimum atomic E-state index is -0.105. The highest BCUT2D eigenvalue weighted by atomic mass is 16.5. The normalized spacial score (nSPS) is 20.2. The number of ether oxygens (including phenoxy) is 2. The molecular weight excluding hydrogens is 328 g/mol. The Morgan fingerprint density at radius 2 is 1.96 bits per heavy atom. The molecule has 26 heavy (non-hydrogen) atoms. The monoisotopic (exact) mass is 352 g/mol. The maximum Gasteiger partial charge on any atom is 0.229 e. The number of hydrogen-bond acceptors (Lipinski definition) is 4. The molecule has 136 valence electrons. The summed E-state index contributed by atoms with van der Waals surface area (Å²) in [5, 5.41) is 0. The van der Waals surface area contributed by atoms with Gasteiger partial charge in [-0.05, 0) is 54.5 Å². The summed E-state index contributed by atoms with van der Waals surface area (Å²) >= 11 is 0. The van der Waals surface area contributed by atoms with Gasteiger partial charge in [0.25, 0.3) is 0 Å². The molecule has 1 aromatic carbocycles. The molecule has 5 heteroatoms. The number of nitrogens with zero attached hydrogens (tertiary/aromatic N) is 2. The third kappa shape index (κ3) is 3.26. The minimum absolute atomic E-state index is 0.105. The van der Waals surface area contributed by atoms with Crippen LogP contribution in [0, 0.1) is 5.92 Å². The lowest BCUT2D eigenvalue weighted by molar-refractivity contribution is -0.138. The third-order valence-electron chi connectivity index (χ3n) is 5.51. The van der Waals surface area contributed by atoms with Crippen LogP contribution in [0.3, 0.4) is 0 Å². The van der Waals surface area contributed by atoms with Crippen LogP contribution in [-0.4, -0.2) is 42.6 Å². The highest BCUT2D eigenvalue weighted by Gasteiger charge is 2.32. The molecule has 3 heterocycles. The quantitative estimate of drug-likeness (QED) is 0.852. The SMILES string of the molecule is COc1cccc2c1OC[C@H](C(=O)N1CCC(c3ccncc3)CC1)C2. The van der Waals surface area contributed by atoms with E-state index in [-0.39, 0.29) is 11.8 Å². The van der Waals surface area contributed by atoms with Crippen molar-refractivity contribution in [2.45, 2.75) is 25.2 Å². The largest absolute Gasteiger partial charge is 0.493 e. The number of piperidine rings is 1. The third-order valence-corrected chi connectivity index (χ3v) is 5.51. The Bertz CT molecular complexity index is 770. The van der Waals surface area contributed by atoms with Gasteiger partial charge in [-0.3, -0.25) is 9.78 Å². The lowest BCUT2D eigenvalue weighted by Gasteiger charge is -2.35. The number of benzene rings is 1. The summed E-state index contributed by atoms with van der Waals surface area (Å²) in [6.45, 7) is 2.05. The number of methoxy groups -OCH3 is 1. The first-order chi connectivity index (χ1) is 12.8. The predicted octanol–water partition coefficient (Wildman–Crippen LogP) is 3.05. The summed E-state index contributed by atoms with van der Waals surface area (Å²) in [7, 11) is 1.64. The Labute approximate surface area is 153 Å². The van der Waals surface area contributed by atoms with Gasteiger partial charge in [0, 0.05) is 25.5 Å². The van der Waals surface area contributed by atoms with E-state index < -0.39 is 0 Å². The van der Waals surface area contributed by atoms with Crippen molar-refractivity contribution in [1.82, 2.24) is 9.88 Å². The number of pyridine rings is 1. The fraction of sp³-hybridized carbons (Fsp3) is 0.429. The van der Waals surface area contributed by atoms with Crippen molar-refractivity contribution in [2.75, 3.05) is 26.8 Å². The van der Waals surface area contributed by atoms with Crippen LogP contribution in [-0.2, 0) is 11.2 Å². The van der Waals surface area contributed by atoms with E-state index in [0.717, 1.165) is 49.4 Å². The number of aromatic nitrogens is 1. The highest BCUT2D eigenvalue weighted by molar-refractivity contribution is 5.80. The predicted molar refractivity (Wildman–Crippen MR) is 98.5 cm³/mol. The average molecular weight is 352 g/mol. The Hall–Kier alpha value is -2.56. The molecule has 0 radical (unpaired) electrons. The van der Waals surface area contributed by atoms with Gasteiger partial charge in [0.1, 0.15) is 6.61 Å². The summed E-state index contributed by atoms with van der Waals surface area (Å²) in [5.74, 6) is 2.16. The molecule has 2 aliphatic heterocycles. The van der Waals surface area contributed by atoms with Crippen LogP contribution >= 0.6 is 0 Å². The molecular formula is C21H24N2O3. The lowest BCUT2D eigenvalue weighted by Crippen LogP contribution is -2.44. The average Bonchev–Trinajstić information content (AvgIpc) is 2.73. The van der Waals surface area contributed by atoms with Crippen LogP contribution in [0.25, 0.3) is 0 Å². The van der Waals surface area contributed by atoms with E-state index in [4.69, 9.17) is 9.47 Å². The van der Waals surface area contributed by atoms with Gasteiger partial charge in [0.05, 0.1) is 13.0 Å². The number of fused-ring (bicyclic) bond motifs is 1. The topological polar surface area (TPSA) is 51.7 Å². The first-order valence-electron chi connectivity index (χ1n) is 9.23. The van der Waals surface area contributed by atoms with Crippen molar-refractivity contribution in [3.8, 4) is 11.5 Å². The van der Waals surface area contributed by atoms with Gasteiger partial charge >= 0.3 is 0 Å². The number of amides is 1. The lowest BCUT2D eigenvalue weighted by atomic mass is 9.88. The summed E-state index contributed by atoms with van der Waals surface area (Å²) in [6, 6.07) is 10.0. The van der Waals surface area contributed by atoms with Crippen LogP contribution in [0.4, 0.5) is 0 Å². The van der Waals surface area contributed by atoms with Crippen LogP contribution in [0.5, 0.6) is 11.5 Å². The Morgan fingerprint density at radius 1 is 1.19 bits per heavy atom. The molecule has 5 nitrogen and oxygen atoms in total. The molecule has 1 atom stereocenters. The van der Waals surface area contributed by atoms with Gasteiger partial charge in [-0.25, -0.2) is 0 Å². The zero-order valence-electron chi connectivity index (χ0n) is 15.1. The Balaban J connectivity index is 1.38. The van der Waals surface area contributed by atoms with Crippen LogP contribution in [0.1, 0.15) is 29.9 Å². The van der Waals surface area contributed by atoms with E-state index >= 15 is 0 Å². The molecule has 1 fully saturated rings. The van der Waals surface area contributed by atoms with E-state index in [2.05, 4.69) is 17.1 Å². The van der Waals surface area contributed by atoms with E-state index in [1.54, 1.807) is 7.11 Å². The zero-order chi connectivity index (χ0) is 17.9. The van der Waals surface area contributed by atoms with Gasteiger partial charge in [-0.2, -0.15) is 0 Å². The van der Waals surface area contributed by atoms with Crippen LogP contribution in [0.15, 0.2) is 42.7 Å². The summed E-state index contributed by atoms with van der Waals surface area (Å²) in [6.07, 6.45) is 6.42. The fourth-order valence-corrected chi connectivity index (χ4v) is 4.04.